The number of rotatable bonds is 6. The van der Waals surface area contributed by atoms with Gasteiger partial charge in [0, 0.05) is 60.2 Å². The Morgan fingerprint density at radius 3 is 1.82 bits per heavy atom. The molecule has 0 amide bonds. The fourth-order valence-corrected chi connectivity index (χ4v) is 9.18. The SMILES string of the molecule is c1ccc(-c2nc3ccccc3c3sc(-c4cccc5c4oc4ccccc45)c(-c4ccc(-c5cc(-c6ccccn6)nc(-c6ccccn6)c5)cc4)c23)cc1. The largest absolute Gasteiger partial charge is 0.455 e. The van der Waals surface area contributed by atoms with Gasteiger partial charge in [0.15, 0.2) is 0 Å². The maximum Gasteiger partial charge on any atom is 0.144 e. The van der Waals surface area contributed by atoms with Crippen molar-refractivity contribution in [3.63, 3.8) is 0 Å². The number of nitrogens with zero attached hydrogens (tertiary/aromatic N) is 4. The molecule has 11 aromatic rings. The van der Waals surface area contributed by atoms with Crippen LogP contribution in [0.5, 0.6) is 0 Å². The van der Waals surface area contributed by atoms with Crippen molar-refractivity contribution in [1.82, 2.24) is 19.9 Å². The molecule has 0 unspecified atom stereocenters. The van der Waals surface area contributed by atoms with Crippen LogP contribution in [0, 0.1) is 0 Å². The molecule has 0 spiro atoms. The van der Waals surface area contributed by atoms with Crippen LogP contribution in [-0.2, 0) is 0 Å². The zero-order chi connectivity index (χ0) is 37.0. The maximum atomic E-state index is 6.67. The number of benzene rings is 5. The molecule has 0 bridgehead atoms. The molecule has 0 saturated heterocycles. The number of hydrogen-bond acceptors (Lipinski definition) is 6. The molecule has 5 nitrogen and oxygen atoms in total. The molecule has 0 fully saturated rings. The van der Waals surface area contributed by atoms with Crippen molar-refractivity contribution < 1.29 is 4.42 Å². The highest BCUT2D eigenvalue weighted by Crippen LogP contribution is 2.52. The zero-order valence-corrected chi connectivity index (χ0v) is 30.7. The number of aromatic nitrogens is 4. The summed E-state index contributed by atoms with van der Waals surface area (Å²) in [4.78, 5) is 20.8. The van der Waals surface area contributed by atoms with E-state index in [1.807, 2.05) is 59.9 Å². The molecule has 262 valence electrons. The maximum absolute atomic E-state index is 6.67. The number of pyridine rings is 4. The van der Waals surface area contributed by atoms with Crippen molar-refractivity contribution in [3.8, 4) is 66.7 Å². The van der Waals surface area contributed by atoms with Gasteiger partial charge in [-0.1, -0.05) is 115 Å². The lowest BCUT2D eigenvalue weighted by molar-refractivity contribution is 0.670. The third-order valence-corrected chi connectivity index (χ3v) is 11.7. The summed E-state index contributed by atoms with van der Waals surface area (Å²) in [5.41, 5.74) is 13.4. The molecule has 11 rings (SSSR count). The second-order valence-corrected chi connectivity index (χ2v) is 14.8. The molecule has 5 aromatic carbocycles. The molecule has 0 aliphatic carbocycles. The van der Waals surface area contributed by atoms with Gasteiger partial charge in [-0.2, -0.15) is 0 Å². The molecular weight excluding hydrogens is 705 g/mol. The second kappa shape index (κ2) is 13.2. The van der Waals surface area contributed by atoms with Gasteiger partial charge in [0.25, 0.3) is 0 Å². The lowest BCUT2D eigenvalue weighted by atomic mass is 9.93. The summed E-state index contributed by atoms with van der Waals surface area (Å²) < 4.78 is 7.87. The molecule has 0 aliphatic rings. The van der Waals surface area contributed by atoms with Crippen LogP contribution in [0.4, 0.5) is 0 Å². The Labute approximate surface area is 326 Å². The van der Waals surface area contributed by atoms with E-state index in [0.717, 1.165) is 105 Å². The first-order valence-corrected chi connectivity index (χ1v) is 19.4. The van der Waals surface area contributed by atoms with Crippen LogP contribution in [-0.4, -0.2) is 19.9 Å². The number of furan rings is 1. The molecule has 0 radical (unpaired) electrons. The van der Waals surface area contributed by atoms with Gasteiger partial charge < -0.3 is 4.42 Å². The van der Waals surface area contributed by atoms with Crippen LogP contribution in [0.3, 0.4) is 0 Å². The van der Waals surface area contributed by atoms with Gasteiger partial charge in [-0.25, -0.2) is 9.97 Å². The topological polar surface area (TPSA) is 64.7 Å². The highest BCUT2D eigenvalue weighted by atomic mass is 32.1. The summed E-state index contributed by atoms with van der Waals surface area (Å²) in [5, 5.41) is 4.48. The van der Waals surface area contributed by atoms with Crippen LogP contribution < -0.4 is 0 Å². The van der Waals surface area contributed by atoms with Gasteiger partial charge in [0.1, 0.15) is 11.2 Å². The van der Waals surface area contributed by atoms with Crippen molar-refractivity contribution in [2.75, 3.05) is 0 Å². The van der Waals surface area contributed by atoms with Crippen LogP contribution in [0.25, 0.3) is 110 Å². The normalized spacial score (nSPS) is 11.6. The summed E-state index contributed by atoms with van der Waals surface area (Å²) in [6, 6.07) is 58.7. The van der Waals surface area contributed by atoms with E-state index in [2.05, 4.69) is 131 Å². The first-order chi connectivity index (χ1) is 27.8. The molecule has 0 N–H and O–H groups in total. The molecule has 6 heteroatoms. The first-order valence-electron chi connectivity index (χ1n) is 18.5. The predicted octanol–water partition coefficient (Wildman–Crippen LogP) is 13.5. The van der Waals surface area contributed by atoms with Gasteiger partial charge in [0.05, 0.1) is 34.0 Å². The summed E-state index contributed by atoms with van der Waals surface area (Å²) in [7, 11) is 0. The van der Waals surface area contributed by atoms with Crippen LogP contribution in [0.15, 0.2) is 187 Å². The van der Waals surface area contributed by atoms with Crippen molar-refractivity contribution in [3.05, 3.63) is 182 Å². The third kappa shape index (κ3) is 5.38. The number of fused-ring (bicyclic) bond motifs is 6. The quantitative estimate of drug-likeness (QED) is 0.170. The van der Waals surface area contributed by atoms with E-state index in [9.17, 15) is 0 Å². The van der Waals surface area contributed by atoms with Crippen molar-refractivity contribution in [2.45, 2.75) is 0 Å². The fourth-order valence-electron chi connectivity index (χ4n) is 7.80. The smallest absolute Gasteiger partial charge is 0.144 e. The van der Waals surface area contributed by atoms with Crippen LogP contribution in [0.2, 0.25) is 0 Å². The highest BCUT2D eigenvalue weighted by Gasteiger charge is 2.25. The molecular formula is C50H30N4OS. The summed E-state index contributed by atoms with van der Waals surface area (Å²) >= 11 is 1.81. The number of para-hydroxylation sites is 3. The molecule has 0 atom stereocenters. The molecule has 56 heavy (non-hydrogen) atoms. The molecule has 6 aromatic heterocycles. The average molecular weight is 735 g/mol. The van der Waals surface area contributed by atoms with E-state index in [4.69, 9.17) is 14.4 Å². The summed E-state index contributed by atoms with van der Waals surface area (Å²) in [6.07, 6.45) is 3.60. The second-order valence-electron chi connectivity index (χ2n) is 13.8. The van der Waals surface area contributed by atoms with E-state index in [0.29, 0.717) is 0 Å². The Morgan fingerprint density at radius 1 is 0.446 bits per heavy atom. The van der Waals surface area contributed by atoms with E-state index in [-0.39, 0.29) is 0 Å². The lowest BCUT2D eigenvalue weighted by Gasteiger charge is -2.12. The van der Waals surface area contributed by atoms with Crippen molar-refractivity contribution >= 4 is 54.3 Å². The molecule has 6 heterocycles. The minimum atomic E-state index is 0.795. The fraction of sp³-hybridized carbons (Fsp3) is 0. The number of hydrogen-bond donors (Lipinski definition) is 0. The minimum absolute atomic E-state index is 0.795. The highest BCUT2D eigenvalue weighted by molar-refractivity contribution is 7.24. The zero-order valence-electron chi connectivity index (χ0n) is 29.9. The van der Waals surface area contributed by atoms with Gasteiger partial charge in [0.2, 0.25) is 0 Å². The first kappa shape index (κ1) is 32.2. The van der Waals surface area contributed by atoms with E-state index in [1.165, 1.54) is 4.70 Å². The molecule has 0 saturated carbocycles. The van der Waals surface area contributed by atoms with Crippen LogP contribution >= 0.6 is 11.3 Å². The minimum Gasteiger partial charge on any atom is -0.455 e. The third-order valence-electron chi connectivity index (χ3n) is 10.4. The predicted molar refractivity (Wildman–Crippen MR) is 230 cm³/mol. The Balaban J connectivity index is 1.16. The average Bonchev–Trinajstić information content (AvgIpc) is 3.87. The Hall–Kier alpha value is -7.28. The standard InChI is InChI=1S/C50H30N4OS/c1-2-13-33(14-3-1)47-46-45(32-25-23-31(24-26-32)34-29-42(40-20-8-10-27-51-40)53-43(30-34)41-21-9-11-28-52-41)50(56-49(46)37-16-4-6-19-39(37)54-47)38-18-12-17-36-35-15-5-7-22-44(35)55-48(36)38/h1-30H. The lowest BCUT2D eigenvalue weighted by Crippen LogP contribution is -1.94. The monoisotopic (exact) mass is 734 g/mol. The van der Waals surface area contributed by atoms with Gasteiger partial charge in [-0.3, -0.25) is 9.97 Å². The number of thiophene rings is 1. The van der Waals surface area contributed by atoms with Gasteiger partial charge >= 0.3 is 0 Å². The van der Waals surface area contributed by atoms with E-state index in [1.54, 1.807) is 12.4 Å². The van der Waals surface area contributed by atoms with Crippen molar-refractivity contribution in [1.29, 1.82) is 0 Å². The van der Waals surface area contributed by atoms with Gasteiger partial charge in [-0.15, -0.1) is 11.3 Å². The van der Waals surface area contributed by atoms with E-state index < -0.39 is 0 Å². The summed E-state index contributed by atoms with van der Waals surface area (Å²) in [5.74, 6) is 0. The van der Waals surface area contributed by atoms with Crippen LogP contribution in [0.1, 0.15) is 0 Å². The Bertz CT molecular complexity index is 3170. The Morgan fingerprint density at radius 2 is 1.09 bits per heavy atom. The van der Waals surface area contributed by atoms with E-state index >= 15 is 0 Å². The van der Waals surface area contributed by atoms with Gasteiger partial charge in [-0.05, 0) is 71.3 Å². The molecule has 0 aliphatic heterocycles. The summed E-state index contributed by atoms with van der Waals surface area (Å²) in [6.45, 7) is 0. The van der Waals surface area contributed by atoms with Crippen molar-refractivity contribution in [2.24, 2.45) is 0 Å². The Kier molecular flexibility index (Phi) is 7.60.